The van der Waals surface area contributed by atoms with Gasteiger partial charge in [-0.3, -0.25) is 0 Å². The zero-order chi connectivity index (χ0) is 14.0. The van der Waals surface area contributed by atoms with Crippen LogP contribution in [0.4, 0.5) is 13.2 Å². The molecule has 2 aromatic rings. The second-order valence-corrected chi connectivity index (χ2v) is 4.48. The first kappa shape index (κ1) is 13.9. The molecule has 0 aliphatic carbocycles. The molecule has 0 saturated heterocycles. The van der Waals surface area contributed by atoms with Crippen molar-refractivity contribution in [1.82, 2.24) is 0 Å². The number of halogens is 4. The summed E-state index contributed by atoms with van der Waals surface area (Å²) < 4.78 is 40.1. The molecule has 5 heteroatoms. The fourth-order valence-electron chi connectivity index (χ4n) is 1.85. The van der Waals surface area contributed by atoms with Crippen molar-refractivity contribution < 1.29 is 18.3 Å². The summed E-state index contributed by atoms with van der Waals surface area (Å²) in [5.41, 5.74) is -0.153. The van der Waals surface area contributed by atoms with Crippen molar-refractivity contribution in [3.8, 4) is 0 Å². The van der Waals surface area contributed by atoms with Gasteiger partial charge >= 0.3 is 0 Å². The minimum atomic E-state index is -1.34. The van der Waals surface area contributed by atoms with Crippen molar-refractivity contribution in [2.75, 3.05) is 0 Å². The molecule has 0 heterocycles. The second kappa shape index (κ2) is 5.63. The second-order valence-electron chi connectivity index (χ2n) is 4.07. The summed E-state index contributed by atoms with van der Waals surface area (Å²) in [6.45, 7) is 0. The predicted molar refractivity (Wildman–Crippen MR) is 66.4 cm³/mol. The molecule has 2 aromatic carbocycles. The van der Waals surface area contributed by atoms with Gasteiger partial charge in [0.05, 0.1) is 6.10 Å². The van der Waals surface area contributed by atoms with E-state index >= 15 is 0 Å². The van der Waals surface area contributed by atoms with Gasteiger partial charge < -0.3 is 5.11 Å². The Kier molecular flexibility index (Phi) is 4.12. The van der Waals surface area contributed by atoms with Crippen LogP contribution < -0.4 is 0 Å². The van der Waals surface area contributed by atoms with E-state index in [4.69, 9.17) is 11.6 Å². The van der Waals surface area contributed by atoms with Gasteiger partial charge in [-0.05, 0) is 23.8 Å². The lowest BCUT2D eigenvalue weighted by molar-refractivity contribution is 0.172. The molecule has 1 nitrogen and oxygen atoms in total. The highest BCUT2D eigenvalue weighted by Gasteiger charge is 2.19. The molecule has 1 atom stereocenters. The molecule has 100 valence electrons. The van der Waals surface area contributed by atoms with Gasteiger partial charge in [0.1, 0.15) is 5.82 Å². The third-order valence-corrected chi connectivity index (χ3v) is 3.11. The molecule has 0 aliphatic rings. The smallest absolute Gasteiger partial charge is 0.162 e. The lowest BCUT2D eigenvalue weighted by Gasteiger charge is -2.14. The Hall–Kier alpha value is -1.52. The summed E-state index contributed by atoms with van der Waals surface area (Å²) in [6.07, 6.45) is -1.60. The SMILES string of the molecule is OC(Cc1cccc(F)c1F)c1c(F)cccc1Cl. The lowest BCUT2D eigenvalue weighted by Crippen LogP contribution is -2.07. The molecule has 0 aromatic heterocycles. The third-order valence-electron chi connectivity index (χ3n) is 2.78. The highest BCUT2D eigenvalue weighted by molar-refractivity contribution is 6.31. The van der Waals surface area contributed by atoms with Crippen molar-refractivity contribution in [2.24, 2.45) is 0 Å². The van der Waals surface area contributed by atoms with Crippen LogP contribution in [0.25, 0.3) is 0 Å². The summed E-state index contributed by atoms with van der Waals surface area (Å²) >= 11 is 5.79. The van der Waals surface area contributed by atoms with E-state index in [0.717, 1.165) is 12.1 Å². The normalized spacial score (nSPS) is 12.5. The van der Waals surface area contributed by atoms with Gasteiger partial charge in [-0.15, -0.1) is 0 Å². The predicted octanol–water partition coefficient (Wildman–Crippen LogP) is 4.03. The van der Waals surface area contributed by atoms with Crippen LogP contribution in [0.5, 0.6) is 0 Å². The highest BCUT2D eigenvalue weighted by atomic mass is 35.5. The monoisotopic (exact) mass is 286 g/mol. The van der Waals surface area contributed by atoms with Crippen LogP contribution >= 0.6 is 11.6 Å². The number of aliphatic hydroxyl groups excluding tert-OH is 1. The van der Waals surface area contributed by atoms with Gasteiger partial charge in [0, 0.05) is 17.0 Å². The van der Waals surface area contributed by atoms with Crippen molar-refractivity contribution in [3.05, 3.63) is 70.0 Å². The summed E-state index contributed by atoms with van der Waals surface area (Å²) in [5.74, 6) is -2.74. The molecular weight excluding hydrogens is 277 g/mol. The Bertz CT molecular complexity index is 581. The van der Waals surface area contributed by atoms with Crippen LogP contribution in [0.15, 0.2) is 36.4 Å². The maximum atomic E-state index is 13.6. The van der Waals surface area contributed by atoms with E-state index in [1.807, 2.05) is 0 Å². The van der Waals surface area contributed by atoms with E-state index < -0.39 is 23.6 Å². The largest absolute Gasteiger partial charge is 0.388 e. The molecule has 0 radical (unpaired) electrons. The fraction of sp³-hybridized carbons (Fsp3) is 0.143. The minimum Gasteiger partial charge on any atom is -0.388 e. The van der Waals surface area contributed by atoms with Crippen LogP contribution in [0.1, 0.15) is 17.2 Å². The topological polar surface area (TPSA) is 20.2 Å². The van der Waals surface area contributed by atoms with Crippen molar-refractivity contribution in [3.63, 3.8) is 0 Å². The molecule has 0 saturated carbocycles. The maximum Gasteiger partial charge on any atom is 0.162 e. The van der Waals surface area contributed by atoms with Gasteiger partial charge in [-0.2, -0.15) is 0 Å². The molecule has 0 fully saturated rings. The molecule has 19 heavy (non-hydrogen) atoms. The number of aliphatic hydroxyl groups is 1. The van der Waals surface area contributed by atoms with Crippen molar-refractivity contribution in [2.45, 2.75) is 12.5 Å². The summed E-state index contributed by atoms with van der Waals surface area (Å²) in [6, 6.07) is 7.59. The zero-order valence-corrected chi connectivity index (χ0v) is 10.5. The van der Waals surface area contributed by atoms with Crippen molar-refractivity contribution in [1.29, 1.82) is 0 Å². The van der Waals surface area contributed by atoms with Gasteiger partial charge in [0.2, 0.25) is 0 Å². The first-order chi connectivity index (χ1) is 9.00. The summed E-state index contributed by atoms with van der Waals surface area (Å²) in [5, 5.41) is 9.98. The zero-order valence-electron chi connectivity index (χ0n) is 9.71. The van der Waals surface area contributed by atoms with Crippen LogP contribution in [0, 0.1) is 17.5 Å². The number of hydrogen-bond donors (Lipinski definition) is 1. The number of benzene rings is 2. The van der Waals surface area contributed by atoms with E-state index in [1.54, 1.807) is 0 Å². The van der Waals surface area contributed by atoms with E-state index in [-0.39, 0.29) is 22.6 Å². The van der Waals surface area contributed by atoms with E-state index in [9.17, 15) is 18.3 Å². The van der Waals surface area contributed by atoms with Crippen LogP contribution in [-0.4, -0.2) is 5.11 Å². The Morgan fingerprint density at radius 1 is 1.00 bits per heavy atom. The van der Waals surface area contributed by atoms with E-state index in [1.165, 1.54) is 24.3 Å². The van der Waals surface area contributed by atoms with Crippen LogP contribution in [-0.2, 0) is 6.42 Å². The van der Waals surface area contributed by atoms with Gasteiger partial charge in [0.15, 0.2) is 11.6 Å². The molecular formula is C14H10ClF3O. The Morgan fingerprint density at radius 3 is 2.32 bits per heavy atom. The summed E-state index contributed by atoms with van der Waals surface area (Å²) in [7, 11) is 0. The Morgan fingerprint density at radius 2 is 1.63 bits per heavy atom. The van der Waals surface area contributed by atoms with Gasteiger partial charge in [-0.1, -0.05) is 29.8 Å². The quantitative estimate of drug-likeness (QED) is 0.903. The van der Waals surface area contributed by atoms with E-state index in [0.29, 0.717) is 0 Å². The maximum absolute atomic E-state index is 13.6. The van der Waals surface area contributed by atoms with Gasteiger partial charge in [0.25, 0.3) is 0 Å². The molecule has 1 N–H and O–H groups in total. The number of rotatable bonds is 3. The van der Waals surface area contributed by atoms with E-state index in [2.05, 4.69) is 0 Å². The molecule has 1 unspecified atom stereocenters. The standard InChI is InChI=1S/C14H10ClF3O/c15-9-4-2-5-10(16)13(9)12(19)7-8-3-1-6-11(17)14(8)18/h1-6,12,19H,7H2. The van der Waals surface area contributed by atoms with Crippen molar-refractivity contribution >= 4 is 11.6 Å². The highest BCUT2D eigenvalue weighted by Crippen LogP contribution is 2.29. The average molecular weight is 287 g/mol. The Balaban J connectivity index is 2.31. The van der Waals surface area contributed by atoms with Crippen LogP contribution in [0.3, 0.4) is 0 Å². The van der Waals surface area contributed by atoms with Gasteiger partial charge in [-0.25, -0.2) is 13.2 Å². The number of hydrogen-bond acceptors (Lipinski definition) is 1. The van der Waals surface area contributed by atoms with Crippen LogP contribution in [0.2, 0.25) is 5.02 Å². The average Bonchev–Trinajstić information content (AvgIpc) is 2.35. The first-order valence-electron chi connectivity index (χ1n) is 5.55. The summed E-state index contributed by atoms with van der Waals surface area (Å²) in [4.78, 5) is 0. The molecule has 2 rings (SSSR count). The fourth-order valence-corrected chi connectivity index (χ4v) is 2.13. The molecule has 0 amide bonds. The first-order valence-corrected chi connectivity index (χ1v) is 5.93. The third kappa shape index (κ3) is 2.91. The molecule has 0 aliphatic heterocycles. The minimum absolute atomic E-state index is 0.0354. The molecule has 0 bridgehead atoms. The lowest BCUT2D eigenvalue weighted by atomic mass is 10.0. The Labute approximate surface area is 113 Å². The molecule has 0 spiro atoms.